The standard InChI is InChI=1S/C10H15ClN4OS/c1-2-15-5-3-4-7(15)6-12-8(16)9-13-14-10(11)17-9/h7H,2-6H2,1H3,(H,12,16). The molecule has 1 amide bonds. The molecule has 0 spiro atoms. The van der Waals surface area contributed by atoms with Gasteiger partial charge in [-0.3, -0.25) is 9.69 Å². The van der Waals surface area contributed by atoms with E-state index in [9.17, 15) is 4.79 Å². The van der Waals surface area contributed by atoms with Gasteiger partial charge in [0.25, 0.3) is 5.91 Å². The molecule has 1 N–H and O–H groups in total. The number of carbonyl (C=O) groups is 1. The van der Waals surface area contributed by atoms with Gasteiger partial charge in [-0.2, -0.15) is 0 Å². The molecule has 1 saturated heterocycles. The summed E-state index contributed by atoms with van der Waals surface area (Å²) in [5, 5.41) is 10.5. The van der Waals surface area contributed by atoms with E-state index in [2.05, 4.69) is 27.3 Å². The van der Waals surface area contributed by atoms with Crippen LogP contribution in [0, 0.1) is 0 Å². The zero-order valence-corrected chi connectivity index (χ0v) is 11.2. The molecule has 0 aromatic carbocycles. The lowest BCUT2D eigenvalue weighted by Crippen LogP contribution is -2.40. The molecule has 2 heterocycles. The van der Waals surface area contributed by atoms with Crippen LogP contribution in [0.25, 0.3) is 0 Å². The number of rotatable bonds is 4. The summed E-state index contributed by atoms with van der Waals surface area (Å²) >= 11 is 6.74. The second kappa shape index (κ2) is 5.75. The molecule has 94 valence electrons. The fourth-order valence-electron chi connectivity index (χ4n) is 2.13. The Bertz CT molecular complexity index is 397. The van der Waals surface area contributed by atoms with E-state index in [1.54, 1.807) is 0 Å². The smallest absolute Gasteiger partial charge is 0.282 e. The predicted octanol–water partition coefficient (Wildman–Crippen LogP) is 1.41. The minimum atomic E-state index is -0.183. The predicted molar refractivity (Wildman–Crippen MR) is 67.5 cm³/mol. The van der Waals surface area contributed by atoms with Crippen LogP contribution in [0.15, 0.2) is 0 Å². The number of halogens is 1. The lowest BCUT2D eigenvalue weighted by molar-refractivity contribution is 0.0940. The number of likely N-dealkylation sites (N-methyl/N-ethyl adjacent to an activating group) is 1. The van der Waals surface area contributed by atoms with Gasteiger partial charge in [0.15, 0.2) is 0 Å². The van der Waals surface area contributed by atoms with Gasteiger partial charge in [-0.15, -0.1) is 10.2 Å². The average Bonchev–Trinajstić information content (AvgIpc) is 2.94. The summed E-state index contributed by atoms with van der Waals surface area (Å²) in [5.74, 6) is -0.183. The Morgan fingerprint density at radius 3 is 3.12 bits per heavy atom. The van der Waals surface area contributed by atoms with Crippen LogP contribution in [0.4, 0.5) is 0 Å². The van der Waals surface area contributed by atoms with Crippen molar-refractivity contribution in [2.45, 2.75) is 25.8 Å². The van der Waals surface area contributed by atoms with Gasteiger partial charge in [-0.1, -0.05) is 18.3 Å². The number of nitrogens with zero attached hydrogens (tertiary/aromatic N) is 3. The van der Waals surface area contributed by atoms with Crippen molar-refractivity contribution in [3.63, 3.8) is 0 Å². The third-order valence-electron chi connectivity index (χ3n) is 3.00. The van der Waals surface area contributed by atoms with Gasteiger partial charge in [0, 0.05) is 12.6 Å². The molecule has 0 radical (unpaired) electrons. The van der Waals surface area contributed by atoms with Crippen molar-refractivity contribution in [2.24, 2.45) is 0 Å². The van der Waals surface area contributed by atoms with Crippen molar-refractivity contribution in [3.8, 4) is 0 Å². The summed E-state index contributed by atoms with van der Waals surface area (Å²) in [4.78, 5) is 14.1. The first-order valence-corrected chi connectivity index (χ1v) is 6.91. The Morgan fingerprint density at radius 1 is 1.65 bits per heavy atom. The number of carbonyl (C=O) groups excluding carboxylic acids is 1. The van der Waals surface area contributed by atoms with Gasteiger partial charge in [0.1, 0.15) is 0 Å². The molecule has 1 aliphatic heterocycles. The molecule has 1 fully saturated rings. The Kier molecular flexibility index (Phi) is 4.31. The number of hydrogen-bond acceptors (Lipinski definition) is 5. The van der Waals surface area contributed by atoms with E-state index in [-0.39, 0.29) is 5.91 Å². The topological polar surface area (TPSA) is 58.1 Å². The molecule has 1 aliphatic rings. The quantitative estimate of drug-likeness (QED) is 0.902. The highest BCUT2D eigenvalue weighted by Crippen LogP contribution is 2.17. The molecule has 1 atom stereocenters. The van der Waals surface area contributed by atoms with Crippen LogP contribution in [0.2, 0.25) is 4.47 Å². The first kappa shape index (κ1) is 12.7. The first-order chi connectivity index (χ1) is 8.20. The summed E-state index contributed by atoms with van der Waals surface area (Å²) in [7, 11) is 0. The highest BCUT2D eigenvalue weighted by atomic mass is 35.5. The maximum Gasteiger partial charge on any atom is 0.282 e. The maximum absolute atomic E-state index is 11.7. The maximum atomic E-state index is 11.7. The van der Waals surface area contributed by atoms with Crippen molar-refractivity contribution in [2.75, 3.05) is 19.6 Å². The first-order valence-electron chi connectivity index (χ1n) is 5.72. The molecular weight excluding hydrogens is 260 g/mol. The molecular formula is C10H15ClN4OS. The molecule has 17 heavy (non-hydrogen) atoms. The Morgan fingerprint density at radius 2 is 2.47 bits per heavy atom. The average molecular weight is 275 g/mol. The van der Waals surface area contributed by atoms with Crippen molar-refractivity contribution in [1.29, 1.82) is 0 Å². The normalized spacial score (nSPS) is 20.7. The zero-order valence-electron chi connectivity index (χ0n) is 9.65. The van der Waals surface area contributed by atoms with E-state index in [0.717, 1.165) is 30.8 Å². The van der Waals surface area contributed by atoms with Crippen molar-refractivity contribution in [1.82, 2.24) is 20.4 Å². The number of hydrogen-bond donors (Lipinski definition) is 1. The van der Waals surface area contributed by atoms with Crippen molar-refractivity contribution < 1.29 is 4.79 Å². The van der Waals surface area contributed by atoms with Crippen LogP contribution in [-0.2, 0) is 0 Å². The van der Waals surface area contributed by atoms with Crippen LogP contribution < -0.4 is 5.32 Å². The van der Waals surface area contributed by atoms with E-state index in [1.807, 2.05) is 0 Å². The van der Waals surface area contributed by atoms with Crippen molar-refractivity contribution >= 4 is 28.8 Å². The van der Waals surface area contributed by atoms with Crippen LogP contribution in [-0.4, -0.2) is 46.7 Å². The molecule has 0 aliphatic carbocycles. The van der Waals surface area contributed by atoms with Gasteiger partial charge in [0.2, 0.25) is 9.47 Å². The third kappa shape index (κ3) is 3.14. The summed E-state index contributed by atoms with van der Waals surface area (Å²) in [6.07, 6.45) is 2.35. The monoisotopic (exact) mass is 274 g/mol. The van der Waals surface area contributed by atoms with Gasteiger partial charge in [-0.05, 0) is 37.5 Å². The highest BCUT2D eigenvalue weighted by Gasteiger charge is 2.23. The minimum Gasteiger partial charge on any atom is -0.348 e. The molecule has 0 bridgehead atoms. The van der Waals surface area contributed by atoms with Gasteiger partial charge in [0.05, 0.1) is 0 Å². The lowest BCUT2D eigenvalue weighted by Gasteiger charge is -2.22. The molecule has 7 heteroatoms. The lowest BCUT2D eigenvalue weighted by atomic mass is 10.2. The van der Waals surface area contributed by atoms with Crippen LogP contribution in [0.3, 0.4) is 0 Å². The van der Waals surface area contributed by atoms with Crippen LogP contribution >= 0.6 is 22.9 Å². The molecule has 1 unspecified atom stereocenters. The van der Waals surface area contributed by atoms with Crippen LogP contribution in [0.1, 0.15) is 29.6 Å². The van der Waals surface area contributed by atoms with Crippen LogP contribution in [0.5, 0.6) is 0 Å². The molecule has 5 nitrogen and oxygen atoms in total. The number of amides is 1. The van der Waals surface area contributed by atoms with Gasteiger partial charge >= 0.3 is 0 Å². The number of likely N-dealkylation sites (tertiary alicyclic amines) is 1. The Balaban J connectivity index is 1.84. The molecule has 1 aromatic rings. The van der Waals surface area contributed by atoms with Gasteiger partial charge < -0.3 is 5.32 Å². The SMILES string of the molecule is CCN1CCCC1CNC(=O)c1nnc(Cl)s1. The fourth-order valence-corrected chi connectivity index (χ4v) is 2.87. The summed E-state index contributed by atoms with van der Waals surface area (Å²) in [6, 6.07) is 0.451. The second-order valence-corrected chi connectivity index (χ2v) is 5.55. The molecule has 2 rings (SSSR count). The summed E-state index contributed by atoms with van der Waals surface area (Å²) in [5.41, 5.74) is 0. The Hall–Kier alpha value is -0.720. The molecule has 0 saturated carbocycles. The van der Waals surface area contributed by atoms with Gasteiger partial charge in [-0.25, -0.2) is 0 Å². The fraction of sp³-hybridized carbons (Fsp3) is 0.700. The minimum absolute atomic E-state index is 0.183. The largest absolute Gasteiger partial charge is 0.348 e. The number of aromatic nitrogens is 2. The zero-order chi connectivity index (χ0) is 12.3. The summed E-state index contributed by atoms with van der Waals surface area (Å²) < 4.78 is 0.297. The van der Waals surface area contributed by atoms with E-state index < -0.39 is 0 Å². The third-order valence-corrected chi connectivity index (χ3v) is 4.02. The van der Waals surface area contributed by atoms with E-state index in [4.69, 9.17) is 11.6 Å². The van der Waals surface area contributed by atoms with Crippen molar-refractivity contribution in [3.05, 3.63) is 9.47 Å². The summed E-state index contributed by atoms with van der Waals surface area (Å²) in [6.45, 7) is 4.97. The van der Waals surface area contributed by atoms with E-state index in [0.29, 0.717) is 22.1 Å². The number of nitrogens with one attached hydrogen (secondary N) is 1. The second-order valence-electron chi connectivity index (χ2n) is 3.99. The molecule has 1 aromatic heterocycles. The Labute approximate surface area is 109 Å². The van der Waals surface area contributed by atoms with E-state index >= 15 is 0 Å². The highest BCUT2D eigenvalue weighted by molar-refractivity contribution is 7.17. The van der Waals surface area contributed by atoms with E-state index in [1.165, 1.54) is 6.42 Å².